The van der Waals surface area contributed by atoms with E-state index < -0.39 is 23.0 Å². The first-order valence-corrected chi connectivity index (χ1v) is 6.74. The fourth-order valence-corrected chi connectivity index (χ4v) is 2.65. The van der Waals surface area contributed by atoms with Crippen molar-refractivity contribution in [2.24, 2.45) is 0 Å². The monoisotopic (exact) mass is 283 g/mol. The molecule has 0 aliphatic heterocycles. The van der Waals surface area contributed by atoms with Gasteiger partial charge in [-0.3, -0.25) is 0 Å². The summed E-state index contributed by atoms with van der Waals surface area (Å²) in [5.41, 5.74) is 0.623. The Balaban J connectivity index is 3.04. The van der Waals surface area contributed by atoms with Crippen LogP contribution in [0, 0.1) is 0 Å². The first kappa shape index (κ1) is 14.3. The minimum atomic E-state index is -3.87. The highest BCUT2D eigenvalue weighted by atomic mass is 35.5. The zero-order chi connectivity index (χ0) is 13.1. The highest BCUT2D eigenvalue weighted by molar-refractivity contribution is 7.89. The van der Waals surface area contributed by atoms with Gasteiger partial charge in [0.15, 0.2) is 0 Å². The smallest absolute Gasteiger partial charge is 0.209 e. The van der Waals surface area contributed by atoms with E-state index >= 15 is 0 Å². The summed E-state index contributed by atoms with van der Waals surface area (Å²) in [7, 11) is -2.75. The molecular formula is C10H12ClF2NO2S. The van der Waals surface area contributed by atoms with Gasteiger partial charge in [0, 0.05) is 12.9 Å². The average Bonchev–Trinajstić information content (AvgIpc) is 2.28. The van der Waals surface area contributed by atoms with Gasteiger partial charge >= 0.3 is 0 Å². The second kappa shape index (κ2) is 5.75. The molecule has 96 valence electrons. The van der Waals surface area contributed by atoms with Crippen LogP contribution in [0.3, 0.4) is 0 Å². The fraction of sp³-hybridized carbons (Fsp3) is 0.400. The predicted molar refractivity (Wildman–Crippen MR) is 61.8 cm³/mol. The molecule has 0 fully saturated rings. The normalized spacial score (nSPS) is 12.4. The third kappa shape index (κ3) is 3.62. The van der Waals surface area contributed by atoms with Crippen molar-refractivity contribution in [3.05, 3.63) is 29.8 Å². The van der Waals surface area contributed by atoms with E-state index in [-0.39, 0.29) is 10.8 Å². The van der Waals surface area contributed by atoms with Crippen molar-refractivity contribution < 1.29 is 17.2 Å². The van der Waals surface area contributed by atoms with Crippen LogP contribution >= 0.6 is 11.6 Å². The third-order valence-corrected chi connectivity index (χ3v) is 4.28. The van der Waals surface area contributed by atoms with Crippen molar-refractivity contribution in [3.8, 4) is 0 Å². The second-order valence-corrected chi connectivity index (χ2v) is 5.77. The molecule has 0 heterocycles. The molecule has 0 radical (unpaired) electrons. The highest BCUT2D eigenvalue weighted by Gasteiger charge is 2.23. The van der Waals surface area contributed by atoms with E-state index in [4.69, 9.17) is 11.6 Å². The Hall–Kier alpha value is -0.720. The van der Waals surface area contributed by atoms with Crippen LogP contribution < -0.4 is 0 Å². The molecule has 0 amide bonds. The molecule has 0 spiro atoms. The van der Waals surface area contributed by atoms with Gasteiger partial charge in [0.25, 0.3) is 6.43 Å². The number of hydrogen-bond acceptors (Lipinski definition) is 2. The lowest BCUT2D eigenvalue weighted by atomic mass is 10.2. The zero-order valence-corrected chi connectivity index (χ0v) is 10.7. The summed E-state index contributed by atoms with van der Waals surface area (Å²) >= 11 is 5.58. The Labute approximate surface area is 104 Å². The van der Waals surface area contributed by atoms with E-state index in [0.717, 1.165) is 7.05 Å². The molecule has 0 aromatic heterocycles. The quantitative estimate of drug-likeness (QED) is 0.778. The number of hydrogen-bond donors (Lipinski definition) is 0. The maximum Gasteiger partial charge on any atom is 0.252 e. The number of sulfonamides is 1. The van der Waals surface area contributed by atoms with Gasteiger partial charge in [0.2, 0.25) is 10.0 Å². The van der Waals surface area contributed by atoms with Crippen molar-refractivity contribution in [2.75, 3.05) is 13.6 Å². The van der Waals surface area contributed by atoms with Gasteiger partial charge in [-0.1, -0.05) is 12.1 Å². The molecule has 0 N–H and O–H groups in total. The Bertz CT molecular complexity index is 479. The minimum Gasteiger partial charge on any atom is -0.209 e. The van der Waals surface area contributed by atoms with Crippen LogP contribution in [0.2, 0.25) is 0 Å². The summed E-state index contributed by atoms with van der Waals surface area (Å²) in [6.07, 6.45) is -2.70. The molecule has 7 heteroatoms. The Kier molecular flexibility index (Phi) is 4.85. The number of nitrogens with zero attached hydrogens (tertiary/aromatic N) is 1. The molecule has 0 bridgehead atoms. The topological polar surface area (TPSA) is 37.4 Å². The highest BCUT2D eigenvalue weighted by Crippen LogP contribution is 2.17. The van der Waals surface area contributed by atoms with Gasteiger partial charge in [0.05, 0.1) is 11.4 Å². The molecule has 3 nitrogen and oxygen atoms in total. The summed E-state index contributed by atoms with van der Waals surface area (Å²) in [5.74, 6) is 0.169. The maximum atomic E-state index is 12.1. The number of benzene rings is 1. The summed E-state index contributed by atoms with van der Waals surface area (Å²) in [5, 5.41) is 0. The maximum absolute atomic E-state index is 12.1. The third-order valence-electron chi connectivity index (χ3n) is 2.16. The van der Waals surface area contributed by atoms with Gasteiger partial charge in [-0.05, 0) is 17.7 Å². The van der Waals surface area contributed by atoms with E-state index in [0.29, 0.717) is 9.87 Å². The van der Waals surface area contributed by atoms with Gasteiger partial charge in [0.1, 0.15) is 0 Å². The van der Waals surface area contributed by atoms with Gasteiger partial charge in [-0.25, -0.2) is 17.2 Å². The molecule has 1 aromatic rings. The fourth-order valence-electron chi connectivity index (χ4n) is 1.26. The SMILES string of the molecule is CN(CC(F)F)S(=O)(=O)c1cccc(CCl)c1. The summed E-state index contributed by atoms with van der Waals surface area (Å²) in [6.45, 7) is -0.826. The summed E-state index contributed by atoms with van der Waals surface area (Å²) < 4.78 is 48.7. The first-order valence-electron chi connectivity index (χ1n) is 4.77. The minimum absolute atomic E-state index is 0.0289. The number of halogens is 3. The van der Waals surface area contributed by atoms with Crippen molar-refractivity contribution in [1.29, 1.82) is 0 Å². The largest absolute Gasteiger partial charge is 0.252 e. The summed E-state index contributed by atoms with van der Waals surface area (Å²) in [6, 6.07) is 5.93. The van der Waals surface area contributed by atoms with Crippen LogP contribution in [0.25, 0.3) is 0 Å². The van der Waals surface area contributed by atoms with Crippen molar-refractivity contribution in [2.45, 2.75) is 17.2 Å². The van der Waals surface area contributed by atoms with Crippen LogP contribution in [0.5, 0.6) is 0 Å². The second-order valence-electron chi connectivity index (χ2n) is 3.46. The molecule has 0 atom stereocenters. The van der Waals surface area contributed by atoms with E-state index in [2.05, 4.69) is 0 Å². The van der Waals surface area contributed by atoms with Crippen molar-refractivity contribution in [1.82, 2.24) is 4.31 Å². The molecular weight excluding hydrogens is 272 g/mol. The molecule has 0 unspecified atom stereocenters. The molecule has 1 rings (SSSR count). The van der Waals surface area contributed by atoms with Crippen LogP contribution in [-0.4, -0.2) is 32.7 Å². The number of rotatable bonds is 5. The lowest BCUT2D eigenvalue weighted by Crippen LogP contribution is -2.31. The molecule has 0 saturated carbocycles. The van der Waals surface area contributed by atoms with E-state index in [9.17, 15) is 17.2 Å². The molecule has 0 aliphatic rings. The lowest BCUT2D eigenvalue weighted by Gasteiger charge is -2.16. The zero-order valence-electron chi connectivity index (χ0n) is 9.11. The van der Waals surface area contributed by atoms with Gasteiger partial charge in [-0.15, -0.1) is 11.6 Å². The van der Waals surface area contributed by atoms with E-state index in [1.807, 2.05) is 0 Å². The van der Waals surface area contributed by atoms with E-state index in [1.54, 1.807) is 6.07 Å². The Morgan fingerprint density at radius 2 is 2.06 bits per heavy atom. The molecule has 0 saturated heterocycles. The number of alkyl halides is 3. The standard InChI is InChI=1S/C10H12ClF2NO2S/c1-14(7-10(12)13)17(15,16)9-4-2-3-8(5-9)6-11/h2-5,10H,6-7H2,1H3. The summed E-state index contributed by atoms with van der Waals surface area (Å²) in [4.78, 5) is -0.0289. The van der Waals surface area contributed by atoms with E-state index in [1.165, 1.54) is 18.2 Å². The average molecular weight is 284 g/mol. The molecule has 17 heavy (non-hydrogen) atoms. The Morgan fingerprint density at radius 1 is 1.41 bits per heavy atom. The van der Waals surface area contributed by atoms with Crippen LogP contribution in [0.15, 0.2) is 29.2 Å². The molecule has 0 aliphatic carbocycles. The van der Waals surface area contributed by atoms with Crippen molar-refractivity contribution in [3.63, 3.8) is 0 Å². The lowest BCUT2D eigenvalue weighted by molar-refractivity contribution is 0.126. The van der Waals surface area contributed by atoms with Gasteiger partial charge in [-0.2, -0.15) is 4.31 Å². The van der Waals surface area contributed by atoms with Gasteiger partial charge < -0.3 is 0 Å². The first-order chi connectivity index (χ1) is 7.87. The van der Waals surface area contributed by atoms with Crippen LogP contribution in [0.1, 0.15) is 5.56 Å². The predicted octanol–water partition coefficient (Wildman–Crippen LogP) is 2.31. The van der Waals surface area contributed by atoms with Crippen LogP contribution in [-0.2, 0) is 15.9 Å². The van der Waals surface area contributed by atoms with Crippen LogP contribution in [0.4, 0.5) is 8.78 Å². The van der Waals surface area contributed by atoms with Crippen molar-refractivity contribution >= 4 is 21.6 Å². The Morgan fingerprint density at radius 3 is 2.59 bits per heavy atom. The molecule has 1 aromatic carbocycles.